The van der Waals surface area contributed by atoms with Gasteiger partial charge in [-0.25, -0.2) is 19.2 Å². The van der Waals surface area contributed by atoms with E-state index < -0.39 is 23.3 Å². The predicted octanol–water partition coefficient (Wildman–Crippen LogP) is 2.32. The van der Waals surface area contributed by atoms with Crippen LogP contribution in [0.3, 0.4) is 0 Å². The van der Waals surface area contributed by atoms with Gasteiger partial charge in [0.1, 0.15) is 12.4 Å². The van der Waals surface area contributed by atoms with E-state index in [1.165, 1.54) is 29.9 Å². The number of esters is 1. The van der Waals surface area contributed by atoms with Crippen molar-refractivity contribution in [2.75, 3.05) is 11.9 Å². The molecule has 1 aromatic carbocycles. The first kappa shape index (κ1) is 19.4. The number of rotatable bonds is 6. The highest BCUT2D eigenvalue weighted by Crippen LogP contribution is 2.18. The van der Waals surface area contributed by atoms with Gasteiger partial charge in [0.05, 0.1) is 18.6 Å². The van der Waals surface area contributed by atoms with Crippen molar-refractivity contribution in [3.05, 3.63) is 63.9 Å². The van der Waals surface area contributed by atoms with Gasteiger partial charge in [-0.3, -0.25) is 14.2 Å². The van der Waals surface area contributed by atoms with Gasteiger partial charge in [-0.05, 0) is 19.1 Å². The molecular weight excluding hydrogens is 387 g/mol. The van der Waals surface area contributed by atoms with Crippen LogP contribution in [-0.2, 0) is 16.1 Å². The summed E-state index contributed by atoms with van der Waals surface area (Å²) in [5, 5.41) is 4.17. The second-order valence-corrected chi connectivity index (χ2v) is 6.38. The molecule has 3 rings (SSSR count). The number of benzene rings is 1. The van der Waals surface area contributed by atoms with Crippen LogP contribution in [0.2, 0.25) is 0 Å². The second kappa shape index (κ2) is 8.53. The number of hydrogen-bond donors (Lipinski definition) is 1. The molecule has 0 aliphatic heterocycles. The third kappa shape index (κ3) is 4.46. The maximum absolute atomic E-state index is 13.8. The summed E-state index contributed by atoms with van der Waals surface area (Å²) in [6.07, 6.45) is 1.18. The first-order valence-electron chi connectivity index (χ1n) is 8.22. The molecule has 0 saturated carbocycles. The van der Waals surface area contributed by atoms with Crippen molar-refractivity contribution >= 4 is 28.3 Å². The molecule has 0 aliphatic carbocycles. The van der Waals surface area contributed by atoms with Gasteiger partial charge in [-0.2, -0.15) is 0 Å². The second-order valence-electron chi connectivity index (χ2n) is 5.53. The molecule has 0 radical (unpaired) electrons. The molecule has 0 bridgehead atoms. The van der Waals surface area contributed by atoms with Crippen LogP contribution in [0.5, 0.6) is 0 Å². The van der Waals surface area contributed by atoms with Crippen LogP contribution in [0.25, 0.3) is 11.3 Å². The maximum atomic E-state index is 13.8. The molecule has 2 heterocycles. The molecule has 144 valence electrons. The molecule has 0 aliphatic rings. The van der Waals surface area contributed by atoms with Crippen molar-refractivity contribution in [1.82, 2.24) is 14.5 Å². The molecule has 0 unspecified atom stereocenters. The topological polar surface area (TPSA) is 103 Å². The van der Waals surface area contributed by atoms with E-state index in [0.29, 0.717) is 0 Å². The normalized spacial score (nSPS) is 10.5. The van der Waals surface area contributed by atoms with Crippen LogP contribution in [-0.4, -0.2) is 33.0 Å². The summed E-state index contributed by atoms with van der Waals surface area (Å²) in [5.41, 5.74) is -0.0331. The Morgan fingerprint density at radius 1 is 1.32 bits per heavy atom. The van der Waals surface area contributed by atoms with Gasteiger partial charge in [-0.15, -0.1) is 11.3 Å². The summed E-state index contributed by atoms with van der Waals surface area (Å²) in [6, 6.07) is 7.12. The number of hydrogen-bond acceptors (Lipinski definition) is 7. The van der Waals surface area contributed by atoms with Gasteiger partial charge < -0.3 is 10.1 Å². The third-order valence-electron chi connectivity index (χ3n) is 3.58. The van der Waals surface area contributed by atoms with E-state index in [4.69, 9.17) is 4.74 Å². The number of nitrogens with one attached hydrogen (secondary N) is 1. The molecule has 2 aromatic heterocycles. The van der Waals surface area contributed by atoms with E-state index in [9.17, 15) is 18.8 Å². The smallest absolute Gasteiger partial charge is 0.357 e. The Morgan fingerprint density at radius 3 is 2.82 bits per heavy atom. The molecule has 1 N–H and O–H groups in total. The number of carbonyl (C=O) groups is 2. The third-order valence-corrected chi connectivity index (χ3v) is 4.34. The number of anilines is 1. The minimum absolute atomic E-state index is 0.0928. The summed E-state index contributed by atoms with van der Waals surface area (Å²) in [5.74, 6) is -1.60. The lowest BCUT2D eigenvalue weighted by Gasteiger charge is -2.07. The lowest BCUT2D eigenvalue weighted by Crippen LogP contribution is -2.27. The molecule has 0 fully saturated rings. The van der Waals surface area contributed by atoms with E-state index in [1.807, 2.05) is 0 Å². The highest BCUT2D eigenvalue weighted by Gasteiger charge is 2.14. The fraction of sp³-hybridized carbons (Fsp3) is 0.167. The Labute approximate surface area is 162 Å². The molecule has 3 aromatic rings. The van der Waals surface area contributed by atoms with Crippen molar-refractivity contribution in [3.63, 3.8) is 0 Å². The molecule has 0 atom stereocenters. The predicted molar refractivity (Wildman–Crippen MR) is 101 cm³/mol. The average Bonchev–Trinajstić information content (AvgIpc) is 3.12. The Morgan fingerprint density at radius 2 is 2.11 bits per heavy atom. The largest absolute Gasteiger partial charge is 0.461 e. The number of nitrogens with zero attached hydrogens (tertiary/aromatic N) is 3. The van der Waals surface area contributed by atoms with Crippen LogP contribution in [0.15, 0.2) is 46.8 Å². The molecule has 28 heavy (non-hydrogen) atoms. The van der Waals surface area contributed by atoms with Crippen LogP contribution in [0.1, 0.15) is 17.4 Å². The summed E-state index contributed by atoms with van der Waals surface area (Å²) >= 11 is 1.06. The number of amides is 1. The monoisotopic (exact) mass is 402 g/mol. The average molecular weight is 402 g/mol. The molecular formula is C18H15FN4O4S. The Hall–Kier alpha value is -3.40. The van der Waals surface area contributed by atoms with Crippen molar-refractivity contribution in [2.24, 2.45) is 0 Å². The van der Waals surface area contributed by atoms with Crippen molar-refractivity contribution in [2.45, 2.75) is 13.5 Å². The Balaban J connectivity index is 1.69. The zero-order chi connectivity index (χ0) is 20.1. The maximum Gasteiger partial charge on any atom is 0.357 e. The van der Waals surface area contributed by atoms with Gasteiger partial charge in [0.15, 0.2) is 10.8 Å². The number of carbonyl (C=O) groups excluding carboxylic acids is 2. The Bertz CT molecular complexity index is 1080. The zero-order valence-corrected chi connectivity index (χ0v) is 15.5. The van der Waals surface area contributed by atoms with E-state index in [-0.39, 0.29) is 35.2 Å². The van der Waals surface area contributed by atoms with E-state index in [0.717, 1.165) is 22.0 Å². The fourth-order valence-electron chi connectivity index (χ4n) is 2.30. The first-order valence-corrected chi connectivity index (χ1v) is 9.09. The molecule has 1 amide bonds. The van der Waals surface area contributed by atoms with Crippen LogP contribution in [0, 0.1) is 5.82 Å². The molecule has 10 heteroatoms. The summed E-state index contributed by atoms with van der Waals surface area (Å²) in [6.45, 7) is 1.59. The SMILES string of the molecule is CCOC(=O)c1csc(NC(=O)Cn2cnc(-c3ccccc3F)cc2=O)n1. The van der Waals surface area contributed by atoms with E-state index in [2.05, 4.69) is 15.3 Å². The van der Waals surface area contributed by atoms with E-state index in [1.54, 1.807) is 13.0 Å². The number of aromatic nitrogens is 3. The molecule has 8 nitrogen and oxygen atoms in total. The van der Waals surface area contributed by atoms with Gasteiger partial charge in [0.2, 0.25) is 5.91 Å². The van der Waals surface area contributed by atoms with Crippen molar-refractivity contribution < 1.29 is 18.7 Å². The highest BCUT2D eigenvalue weighted by atomic mass is 32.1. The lowest BCUT2D eigenvalue weighted by molar-refractivity contribution is -0.116. The van der Waals surface area contributed by atoms with Crippen LogP contribution in [0.4, 0.5) is 9.52 Å². The van der Waals surface area contributed by atoms with Crippen molar-refractivity contribution in [3.8, 4) is 11.3 Å². The van der Waals surface area contributed by atoms with Crippen LogP contribution < -0.4 is 10.9 Å². The lowest BCUT2D eigenvalue weighted by atomic mass is 10.1. The summed E-state index contributed by atoms with van der Waals surface area (Å²) < 4.78 is 19.7. The standard InChI is InChI=1S/C18H15FN4O4S/c1-2-27-17(26)14-9-28-18(21-14)22-15(24)8-23-10-20-13(7-16(23)25)11-5-3-4-6-12(11)19/h3-7,9-10H,2,8H2,1H3,(H,21,22,24). The minimum Gasteiger partial charge on any atom is -0.461 e. The van der Waals surface area contributed by atoms with Gasteiger partial charge >= 0.3 is 5.97 Å². The number of ether oxygens (including phenoxy) is 1. The van der Waals surface area contributed by atoms with Crippen molar-refractivity contribution in [1.29, 1.82) is 0 Å². The highest BCUT2D eigenvalue weighted by molar-refractivity contribution is 7.14. The van der Waals surface area contributed by atoms with Crippen LogP contribution >= 0.6 is 11.3 Å². The van der Waals surface area contributed by atoms with E-state index >= 15 is 0 Å². The number of halogens is 1. The minimum atomic E-state index is -0.580. The zero-order valence-electron chi connectivity index (χ0n) is 14.7. The fourth-order valence-corrected chi connectivity index (χ4v) is 3.00. The Kier molecular flexibility index (Phi) is 5.90. The quantitative estimate of drug-likeness (QED) is 0.635. The molecule has 0 saturated heterocycles. The van der Waals surface area contributed by atoms with Gasteiger partial charge in [0.25, 0.3) is 5.56 Å². The summed E-state index contributed by atoms with van der Waals surface area (Å²) in [4.78, 5) is 44.0. The first-order chi connectivity index (χ1) is 13.5. The molecule has 0 spiro atoms. The summed E-state index contributed by atoms with van der Waals surface area (Å²) in [7, 11) is 0. The van der Waals surface area contributed by atoms with Gasteiger partial charge in [0, 0.05) is 17.0 Å². The van der Waals surface area contributed by atoms with Gasteiger partial charge in [-0.1, -0.05) is 12.1 Å². The number of thiazole rings is 1.